The van der Waals surface area contributed by atoms with Gasteiger partial charge in [0.2, 0.25) is 0 Å². The molecule has 0 spiro atoms. The Hall–Kier alpha value is -2.01. The second-order valence-corrected chi connectivity index (χ2v) is 4.13. The van der Waals surface area contributed by atoms with Crippen LogP contribution in [0, 0.1) is 23.2 Å². The van der Waals surface area contributed by atoms with Gasteiger partial charge in [-0.25, -0.2) is 0 Å². The number of methoxy groups -OCH3 is 1. The highest BCUT2D eigenvalue weighted by molar-refractivity contribution is 5.44. The van der Waals surface area contributed by atoms with Crippen molar-refractivity contribution in [3.63, 3.8) is 0 Å². The lowest BCUT2D eigenvalue weighted by Crippen LogP contribution is -2.19. The smallest absolute Gasteiger partial charge is 0.123 e. The van der Waals surface area contributed by atoms with E-state index in [1.807, 2.05) is 25.2 Å². The lowest BCUT2D eigenvalue weighted by Gasteiger charge is -2.17. The molecule has 0 aliphatic rings. The van der Waals surface area contributed by atoms with Crippen LogP contribution in [-0.2, 0) is 6.54 Å². The molecule has 0 heterocycles. The first kappa shape index (κ1) is 15.0. The zero-order valence-corrected chi connectivity index (χ0v) is 11.3. The van der Waals surface area contributed by atoms with Crippen LogP contribution in [0.15, 0.2) is 18.2 Å². The summed E-state index contributed by atoms with van der Waals surface area (Å²) in [6.45, 7) is 1.26. The second kappa shape index (κ2) is 8.16. The molecule has 0 saturated carbocycles. The number of nitrogens with zero attached hydrogens (tertiary/aromatic N) is 2. The number of benzene rings is 1. The standard InChI is InChI=1S/C15H18N2O2/c1-17(9-4-8-16)12-14-11-13(5-3-10-18)6-7-15(14)19-2/h6-7,11,18H,4,9-10,12H2,1-2H3. The first-order valence-electron chi connectivity index (χ1n) is 6.03. The fourth-order valence-corrected chi connectivity index (χ4v) is 1.73. The SMILES string of the molecule is COc1ccc(C#CCO)cc1CN(C)CCC#N. The number of ether oxygens (including phenoxy) is 1. The molecule has 100 valence electrons. The number of hydrogen-bond acceptors (Lipinski definition) is 4. The molecule has 0 unspecified atom stereocenters. The van der Waals surface area contributed by atoms with Crippen LogP contribution in [0.25, 0.3) is 0 Å². The Balaban J connectivity index is 2.87. The number of rotatable bonds is 5. The average molecular weight is 258 g/mol. The quantitative estimate of drug-likeness (QED) is 0.811. The van der Waals surface area contributed by atoms with Crippen molar-refractivity contribution in [2.75, 3.05) is 27.3 Å². The molecule has 0 saturated heterocycles. The molecule has 0 aliphatic heterocycles. The van der Waals surface area contributed by atoms with Gasteiger partial charge in [0.25, 0.3) is 0 Å². The van der Waals surface area contributed by atoms with E-state index >= 15 is 0 Å². The fourth-order valence-electron chi connectivity index (χ4n) is 1.73. The van der Waals surface area contributed by atoms with E-state index in [0.29, 0.717) is 19.5 Å². The average Bonchev–Trinajstić information content (AvgIpc) is 2.43. The van der Waals surface area contributed by atoms with Gasteiger partial charge in [0.15, 0.2) is 0 Å². The monoisotopic (exact) mass is 258 g/mol. The molecule has 0 aliphatic carbocycles. The summed E-state index contributed by atoms with van der Waals surface area (Å²) in [5.41, 5.74) is 1.87. The Morgan fingerprint density at radius 3 is 2.84 bits per heavy atom. The summed E-state index contributed by atoms with van der Waals surface area (Å²) in [6.07, 6.45) is 0.503. The molecule has 0 amide bonds. The maximum absolute atomic E-state index is 8.70. The van der Waals surface area contributed by atoms with Gasteiger partial charge in [-0.15, -0.1) is 0 Å². The van der Waals surface area contributed by atoms with Crippen molar-refractivity contribution < 1.29 is 9.84 Å². The van der Waals surface area contributed by atoms with E-state index in [1.54, 1.807) is 7.11 Å². The topological polar surface area (TPSA) is 56.5 Å². The molecule has 4 heteroatoms. The van der Waals surface area contributed by atoms with E-state index in [2.05, 4.69) is 22.8 Å². The molecule has 0 aromatic heterocycles. The minimum absolute atomic E-state index is 0.149. The third-order valence-corrected chi connectivity index (χ3v) is 2.64. The summed E-state index contributed by atoms with van der Waals surface area (Å²) in [6, 6.07) is 7.81. The predicted octanol–water partition coefficient (Wildman–Crippen LogP) is 1.38. The van der Waals surface area contributed by atoms with Gasteiger partial charge in [0.05, 0.1) is 13.2 Å². The van der Waals surface area contributed by atoms with Crippen molar-refractivity contribution in [1.29, 1.82) is 5.26 Å². The summed E-state index contributed by atoms with van der Waals surface area (Å²) < 4.78 is 5.32. The second-order valence-electron chi connectivity index (χ2n) is 4.13. The molecular formula is C15H18N2O2. The number of aliphatic hydroxyl groups excluding tert-OH is 1. The highest BCUT2D eigenvalue weighted by Crippen LogP contribution is 2.21. The normalized spacial score (nSPS) is 9.63. The minimum Gasteiger partial charge on any atom is -0.496 e. The largest absolute Gasteiger partial charge is 0.496 e. The molecule has 0 radical (unpaired) electrons. The molecule has 0 atom stereocenters. The van der Waals surface area contributed by atoms with Crippen LogP contribution in [0.4, 0.5) is 0 Å². The van der Waals surface area contributed by atoms with Crippen LogP contribution in [0.3, 0.4) is 0 Å². The molecule has 1 N–H and O–H groups in total. The van der Waals surface area contributed by atoms with Gasteiger partial charge in [0, 0.05) is 30.6 Å². The van der Waals surface area contributed by atoms with Crippen LogP contribution in [0.5, 0.6) is 5.75 Å². The Labute approximate surface area is 114 Å². The molecule has 0 fully saturated rings. The molecule has 19 heavy (non-hydrogen) atoms. The van der Waals surface area contributed by atoms with Crippen molar-refractivity contribution in [3.05, 3.63) is 29.3 Å². The third kappa shape index (κ3) is 5.01. The van der Waals surface area contributed by atoms with Crippen LogP contribution in [-0.4, -0.2) is 37.3 Å². The van der Waals surface area contributed by atoms with Crippen LogP contribution < -0.4 is 4.74 Å². The van der Waals surface area contributed by atoms with Crippen molar-refractivity contribution in [2.45, 2.75) is 13.0 Å². The maximum Gasteiger partial charge on any atom is 0.123 e. The summed E-state index contributed by atoms with van der Waals surface area (Å²) in [5, 5.41) is 17.3. The van der Waals surface area contributed by atoms with Gasteiger partial charge in [-0.1, -0.05) is 11.8 Å². The summed E-state index contributed by atoms with van der Waals surface area (Å²) in [4.78, 5) is 2.06. The van der Waals surface area contributed by atoms with Crippen LogP contribution in [0.1, 0.15) is 17.5 Å². The number of hydrogen-bond donors (Lipinski definition) is 1. The predicted molar refractivity (Wildman–Crippen MR) is 73.5 cm³/mol. The lowest BCUT2D eigenvalue weighted by molar-refractivity contribution is 0.324. The molecule has 1 aromatic rings. The van der Waals surface area contributed by atoms with Gasteiger partial charge in [-0.2, -0.15) is 5.26 Å². The van der Waals surface area contributed by atoms with Crippen molar-refractivity contribution in [1.82, 2.24) is 4.90 Å². The van der Waals surface area contributed by atoms with E-state index in [9.17, 15) is 0 Å². The van der Waals surface area contributed by atoms with E-state index < -0.39 is 0 Å². The van der Waals surface area contributed by atoms with E-state index in [1.165, 1.54) is 0 Å². The molecule has 4 nitrogen and oxygen atoms in total. The highest BCUT2D eigenvalue weighted by atomic mass is 16.5. The zero-order valence-electron chi connectivity index (χ0n) is 11.3. The van der Waals surface area contributed by atoms with Gasteiger partial charge in [0.1, 0.15) is 12.4 Å². The number of nitriles is 1. The van der Waals surface area contributed by atoms with Gasteiger partial charge >= 0.3 is 0 Å². The van der Waals surface area contributed by atoms with Gasteiger partial charge in [-0.05, 0) is 25.2 Å². The van der Waals surface area contributed by atoms with Crippen molar-refractivity contribution in [3.8, 4) is 23.7 Å². The van der Waals surface area contributed by atoms with Gasteiger partial charge in [-0.3, -0.25) is 0 Å². The first-order chi connectivity index (χ1) is 9.21. The Kier molecular flexibility index (Phi) is 6.46. The zero-order chi connectivity index (χ0) is 14.1. The summed E-state index contributed by atoms with van der Waals surface area (Å²) in [5.74, 6) is 6.30. The van der Waals surface area contributed by atoms with Gasteiger partial charge < -0.3 is 14.7 Å². The van der Waals surface area contributed by atoms with Crippen LogP contribution in [0.2, 0.25) is 0 Å². The highest BCUT2D eigenvalue weighted by Gasteiger charge is 2.07. The van der Waals surface area contributed by atoms with Crippen molar-refractivity contribution >= 4 is 0 Å². The Bertz CT molecular complexity index is 509. The summed E-state index contributed by atoms with van der Waals surface area (Å²) in [7, 11) is 3.59. The Morgan fingerprint density at radius 1 is 1.42 bits per heavy atom. The third-order valence-electron chi connectivity index (χ3n) is 2.64. The minimum atomic E-state index is -0.149. The molecule has 1 aromatic carbocycles. The molecule has 0 bridgehead atoms. The molecule has 1 rings (SSSR count). The summed E-state index contributed by atoms with van der Waals surface area (Å²) >= 11 is 0. The van der Waals surface area contributed by atoms with E-state index in [0.717, 1.165) is 16.9 Å². The lowest BCUT2D eigenvalue weighted by atomic mass is 10.1. The van der Waals surface area contributed by atoms with Crippen molar-refractivity contribution in [2.24, 2.45) is 0 Å². The van der Waals surface area contributed by atoms with E-state index in [4.69, 9.17) is 15.1 Å². The number of aliphatic hydroxyl groups is 1. The first-order valence-corrected chi connectivity index (χ1v) is 6.03. The molecular weight excluding hydrogens is 240 g/mol. The van der Waals surface area contributed by atoms with Crippen LogP contribution >= 0.6 is 0 Å². The fraction of sp³-hybridized carbons (Fsp3) is 0.400. The Morgan fingerprint density at radius 2 is 2.21 bits per heavy atom. The van der Waals surface area contributed by atoms with E-state index in [-0.39, 0.29) is 6.61 Å². The maximum atomic E-state index is 8.70.